The first-order valence-corrected chi connectivity index (χ1v) is 5.51. The Morgan fingerprint density at radius 1 is 1.50 bits per heavy atom. The number of rotatable bonds is 6. The van der Waals surface area contributed by atoms with Crippen LogP contribution in [0.25, 0.3) is 0 Å². The van der Waals surface area contributed by atoms with Crippen molar-refractivity contribution in [2.75, 3.05) is 0 Å². The first-order valence-electron chi connectivity index (χ1n) is 4.63. The smallest absolute Gasteiger partial charge is 0.330 e. The molecule has 0 aliphatic rings. The molecule has 0 aromatic carbocycles. The molecule has 0 unspecified atom stereocenters. The Balaban J connectivity index is 2.11. The molecule has 0 atom stereocenters. The molecule has 14 heavy (non-hydrogen) atoms. The average molecular weight is 210 g/mol. The van der Waals surface area contributed by atoms with Crippen LogP contribution in [0.4, 0.5) is 0 Å². The van der Waals surface area contributed by atoms with Gasteiger partial charge >= 0.3 is 5.97 Å². The fourth-order valence-electron chi connectivity index (χ4n) is 1.20. The number of aryl methyl sites for hydroxylation is 1. The van der Waals surface area contributed by atoms with Gasteiger partial charge in [0.25, 0.3) is 0 Å². The molecule has 0 aliphatic carbocycles. The summed E-state index contributed by atoms with van der Waals surface area (Å²) >= 11 is 1.75. The Hall–Kier alpha value is -1.09. The number of hydrogen-bond donors (Lipinski definition) is 1. The van der Waals surface area contributed by atoms with Crippen LogP contribution in [0.2, 0.25) is 0 Å². The van der Waals surface area contributed by atoms with Crippen LogP contribution in [0.15, 0.2) is 29.7 Å². The van der Waals surface area contributed by atoms with Gasteiger partial charge in [-0.15, -0.1) is 11.3 Å². The largest absolute Gasteiger partial charge is 0.478 e. The minimum atomic E-state index is -0.874. The number of unbranched alkanes of at least 4 members (excludes halogenated alkanes) is 1. The lowest BCUT2D eigenvalue weighted by Gasteiger charge is -1.99. The van der Waals surface area contributed by atoms with Crippen LogP contribution in [0.1, 0.15) is 24.1 Å². The molecule has 0 aliphatic heterocycles. The summed E-state index contributed by atoms with van der Waals surface area (Å²) in [4.78, 5) is 11.8. The van der Waals surface area contributed by atoms with Gasteiger partial charge in [0, 0.05) is 10.5 Å². The summed E-state index contributed by atoms with van der Waals surface area (Å²) in [6.45, 7) is 3.49. The number of carboxylic acid groups (broad SMARTS) is 1. The van der Waals surface area contributed by atoms with E-state index in [1.54, 1.807) is 11.3 Å². The number of carboxylic acids is 1. The van der Waals surface area contributed by atoms with Gasteiger partial charge in [-0.05, 0) is 37.1 Å². The van der Waals surface area contributed by atoms with Crippen LogP contribution in [-0.4, -0.2) is 11.1 Å². The maximum atomic E-state index is 10.4. The van der Waals surface area contributed by atoms with Crippen molar-refractivity contribution in [2.24, 2.45) is 0 Å². The van der Waals surface area contributed by atoms with Crippen molar-refractivity contribution in [2.45, 2.75) is 25.7 Å². The molecule has 0 fully saturated rings. The zero-order valence-corrected chi connectivity index (χ0v) is 8.85. The second-order valence-electron chi connectivity index (χ2n) is 3.20. The van der Waals surface area contributed by atoms with E-state index >= 15 is 0 Å². The summed E-state index contributed by atoms with van der Waals surface area (Å²) < 4.78 is 0. The molecule has 0 bridgehead atoms. The van der Waals surface area contributed by atoms with Crippen LogP contribution in [0, 0.1) is 0 Å². The predicted octanol–water partition coefficient (Wildman–Crippen LogP) is 3.10. The van der Waals surface area contributed by atoms with Gasteiger partial charge in [-0.25, -0.2) is 4.79 Å². The summed E-state index contributed by atoms with van der Waals surface area (Å²) in [5.74, 6) is -0.874. The van der Waals surface area contributed by atoms with E-state index in [2.05, 4.69) is 18.0 Å². The molecule has 76 valence electrons. The Kier molecular flexibility index (Phi) is 4.40. The van der Waals surface area contributed by atoms with Gasteiger partial charge in [0.2, 0.25) is 0 Å². The lowest BCUT2D eigenvalue weighted by Crippen LogP contribution is -1.98. The van der Waals surface area contributed by atoms with Crippen LogP contribution < -0.4 is 0 Å². The summed E-state index contributed by atoms with van der Waals surface area (Å²) in [6.07, 6.45) is 3.58. The van der Waals surface area contributed by atoms with E-state index in [9.17, 15) is 4.79 Å². The van der Waals surface area contributed by atoms with Gasteiger partial charge in [-0.1, -0.05) is 12.6 Å². The summed E-state index contributed by atoms with van der Waals surface area (Å²) in [5.41, 5.74) is 0.316. The van der Waals surface area contributed by atoms with Crippen molar-refractivity contribution in [1.29, 1.82) is 0 Å². The summed E-state index contributed by atoms with van der Waals surface area (Å²) in [6, 6.07) is 4.15. The minimum Gasteiger partial charge on any atom is -0.478 e. The second kappa shape index (κ2) is 5.60. The fraction of sp³-hybridized carbons (Fsp3) is 0.364. The van der Waals surface area contributed by atoms with E-state index < -0.39 is 5.97 Å². The normalized spacial score (nSPS) is 10.0. The number of aliphatic carboxylic acids is 1. The molecule has 1 aromatic rings. The van der Waals surface area contributed by atoms with E-state index in [1.807, 2.05) is 6.07 Å². The first kappa shape index (κ1) is 11.0. The molecule has 0 saturated heterocycles. The predicted molar refractivity (Wildman–Crippen MR) is 58.6 cm³/mol. The van der Waals surface area contributed by atoms with Gasteiger partial charge in [0.05, 0.1) is 0 Å². The van der Waals surface area contributed by atoms with Crippen LogP contribution in [0.3, 0.4) is 0 Å². The highest BCUT2D eigenvalue weighted by Gasteiger charge is 2.02. The zero-order chi connectivity index (χ0) is 10.4. The lowest BCUT2D eigenvalue weighted by molar-refractivity contribution is -0.132. The molecule has 0 saturated carbocycles. The summed E-state index contributed by atoms with van der Waals surface area (Å²) in [7, 11) is 0. The third-order valence-corrected chi connectivity index (χ3v) is 2.97. The van der Waals surface area contributed by atoms with Gasteiger partial charge in [0.1, 0.15) is 0 Å². The van der Waals surface area contributed by atoms with Crippen molar-refractivity contribution in [3.63, 3.8) is 0 Å². The van der Waals surface area contributed by atoms with Gasteiger partial charge in [-0.2, -0.15) is 0 Å². The number of thiophene rings is 1. The molecule has 3 heteroatoms. The third-order valence-electron chi connectivity index (χ3n) is 2.03. The Morgan fingerprint density at radius 3 is 2.86 bits per heavy atom. The molecule has 0 radical (unpaired) electrons. The standard InChI is InChI=1S/C11H14O2S/c1-9(11(12)13)5-2-3-6-10-7-4-8-14-10/h4,7-8H,1-3,5-6H2,(H,12,13). The molecule has 1 aromatic heterocycles. The molecular formula is C11H14O2S. The second-order valence-corrected chi connectivity index (χ2v) is 4.23. The molecule has 1 heterocycles. The van der Waals surface area contributed by atoms with Crippen molar-refractivity contribution in [3.8, 4) is 0 Å². The maximum absolute atomic E-state index is 10.4. The number of hydrogen-bond acceptors (Lipinski definition) is 2. The van der Waals surface area contributed by atoms with Crippen molar-refractivity contribution in [3.05, 3.63) is 34.5 Å². The van der Waals surface area contributed by atoms with E-state index in [4.69, 9.17) is 5.11 Å². The van der Waals surface area contributed by atoms with Gasteiger partial charge in [0.15, 0.2) is 0 Å². The van der Waals surface area contributed by atoms with Crippen molar-refractivity contribution in [1.82, 2.24) is 0 Å². The fourth-order valence-corrected chi connectivity index (χ4v) is 1.95. The monoisotopic (exact) mass is 210 g/mol. The van der Waals surface area contributed by atoms with Gasteiger partial charge in [-0.3, -0.25) is 0 Å². The molecule has 1 rings (SSSR count). The van der Waals surface area contributed by atoms with Crippen molar-refractivity contribution >= 4 is 17.3 Å². The SMILES string of the molecule is C=C(CCCCc1cccs1)C(=O)O. The quantitative estimate of drug-likeness (QED) is 0.578. The first-order chi connectivity index (χ1) is 6.70. The molecule has 0 spiro atoms. The highest BCUT2D eigenvalue weighted by molar-refractivity contribution is 7.09. The highest BCUT2D eigenvalue weighted by Crippen LogP contribution is 2.14. The van der Waals surface area contributed by atoms with Gasteiger partial charge < -0.3 is 5.11 Å². The Morgan fingerprint density at radius 2 is 2.29 bits per heavy atom. The highest BCUT2D eigenvalue weighted by atomic mass is 32.1. The molecular weight excluding hydrogens is 196 g/mol. The van der Waals surface area contributed by atoms with Crippen LogP contribution >= 0.6 is 11.3 Å². The zero-order valence-electron chi connectivity index (χ0n) is 8.03. The summed E-state index contributed by atoms with van der Waals surface area (Å²) in [5, 5.41) is 10.6. The molecule has 2 nitrogen and oxygen atoms in total. The Bertz CT molecular complexity index is 301. The van der Waals surface area contributed by atoms with E-state index in [0.29, 0.717) is 12.0 Å². The van der Waals surface area contributed by atoms with Crippen molar-refractivity contribution < 1.29 is 9.90 Å². The van der Waals surface area contributed by atoms with E-state index in [-0.39, 0.29) is 0 Å². The minimum absolute atomic E-state index is 0.316. The molecule has 0 amide bonds. The van der Waals surface area contributed by atoms with E-state index in [1.165, 1.54) is 4.88 Å². The lowest BCUT2D eigenvalue weighted by atomic mass is 10.1. The van der Waals surface area contributed by atoms with Crippen LogP contribution in [-0.2, 0) is 11.2 Å². The van der Waals surface area contributed by atoms with Crippen LogP contribution in [0.5, 0.6) is 0 Å². The topological polar surface area (TPSA) is 37.3 Å². The number of carbonyl (C=O) groups is 1. The average Bonchev–Trinajstić information content (AvgIpc) is 2.64. The molecule has 1 N–H and O–H groups in total. The Labute approximate surface area is 87.9 Å². The van der Waals surface area contributed by atoms with E-state index in [0.717, 1.165) is 19.3 Å². The third kappa shape index (κ3) is 3.75. The maximum Gasteiger partial charge on any atom is 0.330 e.